The van der Waals surface area contributed by atoms with Crippen LogP contribution in [0.25, 0.3) is 0 Å². The molecule has 2 rings (SSSR count). The molecular weight excluding hydrogens is 170 g/mol. The van der Waals surface area contributed by atoms with Gasteiger partial charge < -0.3 is 10.0 Å². The number of phenolic OH excluding ortho intramolecular Hbond substituents is 1. The Hall–Kier alpha value is -1.09. The average molecular weight is 179 g/mol. The normalized spacial score (nSPS) is 15.5. The number of hydrogen-bond acceptors (Lipinski definition) is 3. The lowest BCUT2D eigenvalue weighted by molar-refractivity contribution is 0.475. The van der Waals surface area contributed by atoms with Gasteiger partial charge in [-0.1, -0.05) is 0 Å². The van der Waals surface area contributed by atoms with Crippen LogP contribution in [0.4, 0.5) is 5.69 Å². The molecule has 0 unspecified atom stereocenters. The van der Waals surface area contributed by atoms with Gasteiger partial charge in [0.05, 0.1) is 5.88 Å². The van der Waals surface area contributed by atoms with Crippen LogP contribution in [0, 0.1) is 0 Å². The van der Waals surface area contributed by atoms with Gasteiger partial charge in [-0.25, -0.2) is 0 Å². The van der Waals surface area contributed by atoms with Crippen molar-refractivity contribution in [3.05, 3.63) is 35.9 Å². The van der Waals surface area contributed by atoms with Crippen molar-refractivity contribution in [3.8, 4) is 5.75 Å². The molecule has 3 heteroatoms. The number of hydrogen-bond donors (Lipinski definition) is 1. The van der Waals surface area contributed by atoms with Gasteiger partial charge in [0.15, 0.2) is 0 Å². The van der Waals surface area contributed by atoms with E-state index >= 15 is 0 Å². The summed E-state index contributed by atoms with van der Waals surface area (Å²) in [6.07, 6.45) is 2.04. The molecule has 0 amide bonds. The Morgan fingerprint density at radius 3 is 2.58 bits per heavy atom. The molecule has 12 heavy (non-hydrogen) atoms. The van der Waals surface area contributed by atoms with Gasteiger partial charge in [0.25, 0.3) is 0 Å². The van der Waals surface area contributed by atoms with Crippen molar-refractivity contribution in [3.63, 3.8) is 0 Å². The first-order valence-electron chi connectivity index (χ1n) is 3.70. The molecule has 1 aromatic carbocycles. The number of aromatic hydroxyl groups is 1. The van der Waals surface area contributed by atoms with Crippen LogP contribution in [0.15, 0.2) is 35.9 Å². The summed E-state index contributed by atoms with van der Waals surface area (Å²) in [6, 6.07) is 7.22. The Bertz CT molecular complexity index is 294. The third-order valence-corrected chi connectivity index (χ3v) is 2.47. The highest BCUT2D eigenvalue weighted by Gasteiger charge is 2.06. The summed E-state index contributed by atoms with van der Waals surface area (Å²) in [5.41, 5.74) is 1.12. The maximum atomic E-state index is 9.06. The molecule has 0 aromatic heterocycles. The maximum absolute atomic E-state index is 9.06. The molecule has 1 heterocycles. The van der Waals surface area contributed by atoms with E-state index in [1.807, 2.05) is 18.3 Å². The van der Waals surface area contributed by atoms with E-state index in [2.05, 4.69) is 10.3 Å². The topological polar surface area (TPSA) is 23.5 Å². The Balaban J connectivity index is 2.23. The van der Waals surface area contributed by atoms with E-state index in [1.54, 1.807) is 23.9 Å². The Morgan fingerprint density at radius 2 is 2.00 bits per heavy atom. The lowest BCUT2D eigenvalue weighted by atomic mass is 10.3. The van der Waals surface area contributed by atoms with Gasteiger partial charge in [0.2, 0.25) is 0 Å². The van der Waals surface area contributed by atoms with Crippen LogP contribution in [0.1, 0.15) is 0 Å². The second-order valence-corrected chi connectivity index (χ2v) is 3.43. The van der Waals surface area contributed by atoms with Crippen molar-refractivity contribution in [2.75, 3.05) is 10.8 Å². The lowest BCUT2D eigenvalue weighted by Crippen LogP contribution is -2.09. The fourth-order valence-electron chi connectivity index (χ4n) is 1.09. The van der Waals surface area contributed by atoms with E-state index in [4.69, 9.17) is 5.11 Å². The molecule has 0 radical (unpaired) electrons. The summed E-state index contributed by atoms with van der Waals surface area (Å²) in [4.78, 5) is 2.13. The van der Waals surface area contributed by atoms with E-state index in [-0.39, 0.29) is 0 Å². The van der Waals surface area contributed by atoms with Gasteiger partial charge in [-0.2, -0.15) is 0 Å². The van der Waals surface area contributed by atoms with Gasteiger partial charge in [-0.05, 0) is 29.7 Å². The zero-order valence-electron chi connectivity index (χ0n) is 6.47. The first-order chi connectivity index (χ1) is 5.86. The summed E-state index contributed by atoms with van der Waals surface area (Å²) in [7, 11) is 0. The van der Waals surface area contributed by atoms with E-state index < -0.39 is 0 Å². The first kappa shape index (κ1) is 7.55. The zero-order chi connectivity index (χ0) is 8.39. The fourth-order valence-corrected chi connectivity index (χ4v) is 1.80. The van der Waals surface area contributed by atoms with Crippen LogP contribution >= 0.6 is 11.8 Å². The monoisotopic (exact) mass is 179 g/mol. The summed E-state index contributed by atoms with van der Waals surface area (Å²) in [5.74, 6) is 1.28. The highest BCUT2D eigenvalue weighted by Crippen LogP contribution is 2.24. The number of phenols is 1. The smallest absolute Gasteiger partial charge is 0.115 e. The SMILES string of the molecule is Oc1ccc(N2C=CSC2)cc1. The molecule has 0 saturated heterocycles. The van der Waals surface area contributed by atoms with Gasteiger partial charge in [0.1, 0.15) is 5.75 Å². The minimum atomic E-state index is 0.314. The second-order valence-electron chi connectivity index (χ2n) is 2.57. The van der Waals surface area contributed by atoms with Crippen LogP contribution < -0.4 is 4.90 Å². The molecule has 1 aliphatic rings. The molecule has 1 aliphatic heterocycles. The molecule has 0 saturated carbocycles. The molecule has 1 N–H and O–H groups in total. The van der Waals surface area contributed by atoms with Gasteiger partial charge in [0, 0.05) is 11.9 Å². The van der Waals surface area contributed by atoms with Crippen molar-refractivity contribution in [2.24, 2.45) is 0 Å². The lowest BCUT2D eigenvalue weighted by Gasteiger charge is -2.13. The van der Waals surface area contributed by atoms with Crippen LogP contribution in [-0.2, 0) is 0 Å². The third-order valence-electron chi connectivity index (χ3n) is 1.73. The van der Waals surface area contributed by atoms with Crippen molar-refractivity contribution in [1.82, 2.24) is 0 Å². The molecule has 62 valence electrons. The number of thioether (sulfide) groups is 1. The molecule has 0 bridgehead atoms. The Morgan fingerprint density at radius 1 is 1.25 bits per heavy atom. The van der Waals surface area contributed by atoms with Crippen LogP contribution in [0.2, 0.25) is 0 Å². The zero-order valence-corrected chi connectivity index (χ0v) is 7.29. The highest BCUT2D eigenvalue weighted by atomic mass is 32.2. The predicted molar refractivity (Wildman–Crippen MR) is 52.2 cm³/mol. The van der Waals surface area contributed by atoms with E-state index in [0.717, 1.165) is 11.6 Å². The van der Waals surface area contributed by atoms with E-state index in [9.17, 15) is 0 Å². The minimum absolute atomic E-state index is 0.314. The molecular formula is C9H9NOS. The minimum Gasteiger partial charge on any atom is -0.508 e. The van der Waals surface area contributed by atoms with Gasteiger partial charge >= 0.3 is 0 Å². The van der Waals surface area contributed by atoms with Crippen LogP contribution in [-0.4, -0.2) is 11.0 Å². The van der Waals surface area contributed by atoms with E-state index in [0.29, 0.717) is 5.75 Å². The van der Waals surface area contributed by atoms with Crippen molar-refractivity contribution in [1.29, 1.82) is 0 Å². The average Bonchev–Trinajstić information content (AvgIpc) is 2.58. The highest BCUT2D eigenvalue weighted by molar-refractivity contribution is 8.02. The predicted octanol–water partition coefficient (Wildman–Crippen LogP) is 2.37. The standard InChI is InChI=1S/C9H9NOS/c11-9-3-1-8(2-4-9)10-5-6-12-7-10/h1-6,11H,7H2. The summed E-state index contributed by atoms with van der Waals surface area (Å²) in [5, 5.41) is 11.1. The molecule has 0 atom stereocenters. The van der Waals surface area contributed by atoms with Crippen molar-refractivity contribution >= 4 is 17.4 Å². The molecule has 2 nitrogen and oxygen atoms in total. The fraction of sp³-hybridized carbons (Fsp3) is 0.111. The molecule has 0 fully saturated rings. The summed E-state index contributed by atoms with van der Waals surface area (Å²) >= 11 is 1.76. The van der Waals surface area contributed by atoms with Crippen LogP contribution in [0.5, 0.6) is 5.75 Å². The van der Waals surface area contributed by atoms with Gasteiger partial charge in [-0.15, -0.1) is 11.8 Å². The quantitative estimate of drug-likeness (QED) is 0.716. The largest absolute Gasteiger partial charge is 0.508 e. The summed E-state index contributed by atoms with van der Waals surface area (Å²) < 4.78 is 0. The number of rotatable bonds is 1. The molecule has 1 aromatic rings. The summed E-state index contributed by atoms with van der Waals surface area (Å²) in [6.45, 7) is 0. The Kier molecular flexibility index (Phi) is 1.96. The number of nitrogens with zero attached hydrogens (tertiary/aromatic N) is 1. The van der Waals surface area contributed by atoms with Crippen molar-refractivity contribution in [2.45, 2.75) is 0 Å². The third kappa shape index (κ3) is 1.41. The first-order valence-corrected chi connectivity index (χ1v) is 4.75. The number of benzene rings is 1. The molecule has 0 aliphatic carbocycles. The second kappa shape index (κ2) is 3.11. The van der Waals surface area contributed by atoms with E-state index in [1.165, 1.54) is 0 Å². The van der Waals surface area contributed by atoms with Crippen molar-refractivity contribution < 1.29 is 5.11 Å². The Labute approximate surface area is 75.5 Å². The molecule has 0 spiro atoms. The van der Waals surface area contributed by atoms with Gasteiger partial charge in [-0.3, -0.25) is 0 Å². The maximum Gasteiger partial charge on any atom is 0.115 e. The van der Waals surface area contributed by atoms with Crippen LogP contribution in [0.3, 0.4) is 0 Å². The number of anilines is 1.